The van der Waals surface area contributed by atoms with Gasteiger partial charge in [0, 0.05) is 0 Å². The van der Waals surface area contributed by atoms with E-state index in [0.717, 1.165) is 38.5 Å². The van der Waals surface area contributed by atoms with Gasteiger partial charge in [0.1, 0.15) is 0 Å². The van der Waals surface area contributed by atoms with Crippen LogP contribution in [0, 0.1) is 22.7 Å². The Balaban J connectivity index is 2.09. The van der Waals surface area contributed by atoms with Crippen molar-refractivity contribution in [2.45, 2.75) is 57.5 Å². The zero-order valence-corrected chi connectivity index (χ0v) is 8.71. The van der Waals surface area contributed by atoms with Crippen LogP contribution in [0.4, 0.5) is 0 Å². The molecule has 2 heteroatoms. The van der Waals surface area contributed by atoms with Gasteiger partial charge in [-0.1, -0.05) is 25.7 Å². The fourth-order valence-corrected chi connectivity index (χ4v) is 2.70. The summed E-state index contributed by atoms with van der Waals surface area (Å²) >= 11 is 0. The molecular weight excluding hydrogens is 174 g/mol. The fourth-order valence-electron chi connectivity index (χ4n) is 2.70. The van der Waals surface area contributed by atoms with Gasteiger partial charge in [-0.25, -0.2) is 0 Å². The second-order valence-corrected chi connectivity index (χ2v) is 4.96. The van der Waals surface area contributed by atoms with E-state index < -0.39 is 5.41 Å². The third-order valence-electron chi connectivity index (χ3n) is 3.85. The highest BCUT2D eigenvalue weighted by atomic mass is 16.3. The van der Waals surface area contributed by atoms with Crippen molar-refractivity contribution in [1.29, 1.82) is 5.26 Å². The van der Waals surface area contributed by atoms with E-state index in [9.17, 15) is 10.4 Å². The number of aliphatic hydroxyl groups excluding tert-OH is 1. The summed E-state index contributed by atoms with van der Waals surface area (Å²) in [6.07, 6.45) is 8.47. The van der Waals surface area contributed by atoms with Crippen LogP contribution in [0.1, 0.15) is 51.4 Å². The van der Waals surface area contributed by atoms with E-state index >= 15 is 0 Å². The predicted molar refractivity (Wildman–Crippen MR) is 54.5 cm³/mol. The highest BCUT2D eigenvalue weighted by Crippen LogP contribution is 2.46. The van der Waals surface area contributed by atoms with E-state index in [2.05, 4.69) is 6.07 Å². The van der Waals surface area contributed by atoms with Gasteiger partial charge in [-0.15, -0.1) is 0 Å². The van der Waals surface area contributed by atoms with Crippen molar-refractivity contribution in [3.8, 4) is 6.07 Å². The highest BCUT2D eigenvalue weighted by molar-refractivity contribution is 5.08. The number of hydrogen-bond donors (Lipinski definition) is 1. The monoisotopic (exact) mass is 193 g/mol. The van der Waals surface area contributed by atoms with Crippen molar-refractivity contribution in [2.75, 3.05) is 0 Å². The summed E-state index contributed by atoms with van der Waals surface area (Å²) in [5, 5.41) is 19.5. The molecule has 2 aliphatic rings. The number of rotatable bonds is 2. The third-order valence-corrected chi connectivity index (χ3v) is 3.85. The number of nitriles is 1. The standard InChI is InChI=1S/C12H19NO/c13-9-12(11(14)10-5-6-10)7-3-1-2-4-8-12/h10-11,14H,1-8H2. The average Bonchev–Trinajstić information content (AvgIpc) is 3.04. The Hall–Kier alpha value is -0.550. The van der Waals surface area contributed by atoms with Crippen LogP contribution in [-0.4, -0.2) is 11.2 Å². The number of hydrogen-bond acceptors (Lipinski definition) is 2. The molecule has 0 saturated heterocycles. The molecule has 2 fully saturated rings. The molecule has 2 aliphatic carbocycles. The summed E-state index contributed by atoms with van der Waals surface area (Å²) in [7, 11) is 0. The van der Waals surface area contributed by atoms with E-state index in [1.54, 1.807) is 0 Å². The average molecular weight is 193 g/mol. The quantitative estimate of drug-likeness (QED) is 0.685. The predicted octanol–water partition coefficient (Wildman–Crippen LogP) is 2.62. The molecule has 0 heterocycles. The van der Waals surface area contributed by atoms with Crippen LogP contribution in [0.5, 0.6) is 0 Å². The lowest BCUT2D eigenvalue weighted by Gasteiger charge is -2.30. The molecule has 0 aromatic carbocycles. The molecule has 0 spiro atoms. The van der Waals surface area contributed by atoms with Crippen LogP contribution < -0.4 is 0 Å². The molecule has 0 aliphatic heterocycles. The minimum absolute atomic E-state index is 0.342. The van der Waals surface area contributed by atoms with E-state index in [-0.39, 0.29) is 6.10 Å². The minimum Gasteiger partial charge on any atom is -0.391 e. The SMILES string of the molecule is N#CC1(C(O)C2CC2)CCCCCC1. The van der Waals surface area contributed by atoms with Gasteiger partial charge in [0.25, 0.3) is 0 Å². The van der Waals surface area contributed by atoms with Crippen molar-refractivity contribution < 1.29 is 5.11 Å². The van der Waals surface area contributed by atoms with Gasteiger partial charge in [0.05, 0.1) is 17.6 Å². The second-order valence-electron chi connectivity index (χ2n) is 4.96. The lowest BCUT2D eigenvalue weighted by molar-refractivity contribution is 0.0345. The zero-order chi connectivity index (χ0) is 10.0. The van der Waals surface area contributed by atoms with Crippen molar-refractivity contribution in [1.82, 2.24) is 0 Å². The van der Waals surface area contributed by atoms with E-state index in [1.165, 1.54) is 12.8 Å². The molecule has 0 bridgehead atoms. The van der Waals surface area contributed by atoms with Crippen molar-refractivity contribution >= 4 is 0 Å². The van der Waals surface area contributed by atoms with Crippen LogP contribution in [0.2, 0.25) is 0 Å². The number of nitrogens with zero attached hydrogens (tertiary/aromatic N) is 1. The molecule has 0 radical (unpaired) electrons. The maximum absolute atomic E-state index is 10.2. The van der Waals surface area contributed by atoms with Crippen LogP contribution in [0.3, 0.4) is 0 Å². The Morgan fingerprint density at radius 3 is 2.14 bits per heavy atom. The molecule has 2 nitrogen and oxygen atoms in total. The molecule has 2 rings (SSSR count). The molecule has 0 amide bonds. The zero-order valence-electron chi connectivity index (χ0n) is 8.71. The topological polar surface area (TPSA) is 44.0 Å². The first kappa shape index (κ1) is 9.98. The van der Waals surface area contributed by atoms with Crippen LogP contribution in [0.25, 0.3) is 0 Å². The summed E-state index contributed by atoms with van der Waals surface area (Å²) < 4.78 is 0. The summed E-state index contributed by atoms with van der Waals surface area (Å²) in [6.45, 7) is 0. The first-order chi connectivity index (χ1) is 6.78. The summed E-state index contributed by atoms with van der Waals surface area (Å²) in [5.41, 5.74) is -0.391. The Labute approximate surface area is 85.9 Å². The molecule has 1 unspecified atom stereocenters. The van der Waals surface area contributed by atoms with Gasteiger partial charge in [-0.3, -0.25) is 0 Å². The molecule has 78 valence electrons. The molecule has 0 aromatic heterocycles. The maximum atomic E-state index is 10.2. The first-order valence-electron chi connectivity index (χ1n) is 5.88. The highest BCUT2D eigenvalue weighted by Gasteiger charge is 2.45. The minimum atomic E-state index is -0.391. The van der Waals surface area contributed by atoms with Gasteiger partial charge in [0.2, 0.25) is 0 Å². The fraction of sp³-hybridized carbons (Fsp3) is 0.917. The van der Waals surface area contributed by atoms with Gasteiger partial charge >= 0.3 is 0 Å². The van der Waals surface area contributed by atoms with Gasteiger partial charge in [-0.05, 0) is 31.6 Å². The Bertz CT molecular complexity index is 231. The molecule has 1 N–H and O–H groups in total. The van der Waals surface area contributed by atoms with Crippen molar-refractivity contribution in [3.05, 3.63) is 0 Å². The van der Waals surface area contributed by atoms with Gasteiger partial charge in [0.15, 0.2) is 0 Å². The molecule has 1 atom stereocenters. The van der Waals surface area contributed by atoms with Crippen molar-refractivity contribution in [2.24, 2.45) is 11.3 Å². The summed E-state index contributed by atoms with van der Waals surface area (Å²) in [4.78, 5) is 0. The second kappa shape index (κ2) is 3.90. The Kier molecular flexibility index (Phi) is 2.78. The van der Waals surface area contributed by atoms with E-state index in [4.69, 9.17) is 0 Å². The lowest BCUT2D eigenvalue weighted by Crippen LogP contribution is -2.35. The molecule has 14 heavy (non-hydrogen) atoms. The lowest BCUT2D eigenvalue weighted by atomic mass is 9.75. The van der Waals surface area contributed by atoms with Crippen LogP contribution >= 0.6 is 0 Å². The van der Waals surface area contributed by atoms with Crippen LogP contribution in [-0.2, 0) is 0 Å². The third kappa shape index (κ3) is 1.79. The van der Waals surface area contributed by atoms with Crippen LogP contribution in [0.15, 0.2) is 0 Å². The molecule has 0 aromatic rings. The largest absolute Gasteiger partial charge is 0.391 e. The van der Waals surface area contributed by atoms with Gasteiger partial charge in [-0.2, -0.15) is 5.26 Å². The summed E-state index contributed by atoms with van der Waals surface area (Å²) in [5.74, 6) is 0.438. The Morgan fingerprint density at radius 1 is 1.14 bits per heavy atom. The maximum Gasteiger partial charge on any atom is 0.0835 e. The first-order valence-corrected chi connectivity index (χ1v) is 5.88. The van der Waals surface area contributed by atoms with Crippen molar-refractivity contribution in [3.63, 3.8) is 0 Å². The summed E-state index contributed by atoms with van der Waals surface area (Å²) in [6, 6.07) is 2.43. The Morgan fingerprint density at radius 2 is 1.71 bits per heavy atom. The molecular formula is C12H19NO. The van der Waals surface area contributed by atoms with E-state index in [0.29, 0.717) is 5.92 Å². The number of aliphatic hydroxyl groups is 1. The normalized spacial score (nSPS) is 28.9. The van der Waals surface area contributed by atoms with Gasteiger partial charge < -0.3 is 5.11 Å². The smallest absolute Gasteiger partial charge is 0.0835 e. The van der Waals surface area contributed by atoms with E-state index in [1.807, 2.05) is 0 Å². The molecule has 2 saturated carbocycles.